The molecule has 0 radical (unpaired) electrons. The van der Waals surface area contributed by atoms with Crippen LogP contribution in [-0.2, 0) is 4.43 Å². The first kappa shape index (κ1) is 12.2. The molecule has 0 spiro atoms. The Morgan fingerprint density at radius 3 is 2.33 bits per heavy atom. The Kier molecular flexibility index (Phi) is 7.92. The quantitative estimate of drug-likeness (QED) is 0.439. The third-order valence-corrected chi connectivity index (χ3v) is 3.00. The Labute approximate surface area is 80.4 Å². The minimum atomic E-state index is 0.749. The molecule has 0 saturated heterocycles. The molecule has 2 unspecified atom stereocenters. The van der Waals surface area contributed by atoms with Crippen LogP contribution < -0.4 is 0 Å². The molecule has 0 saturated carbocycles. The molecule has 0 rings (SSSR count). The van der Waals surface area contributed by atoms with Crippen molar-refractivity contribution in [1.29, 1.82) is 0 Å². The van der Waals surface area contributed by atoms with Crippen molar-refractivity contribution >= 4 is 10.5 Å². The van der Waals surface area contributed by atoms with Crippen molar-refractivity contribution in [2.75, 3.05) is 6.61 Å². The highest BCUT2D eigenvalue weighted by Crippen LogP contribution is 2.18. The maximum absolute atomic E-state index is 5.27. The van der Waals surface area contributed by atoms with Gasteiger partial charge in [-0.2, -0.15) is 0 Å². The van der Waals surface area contributed by atoms with Crippen molar-refractivity contribution in [3.8, 4) is 0 Å². The van der Waals surface area contributed by atoms with E-state index in [0.717, 1.165) is 28.9 Å². The number of hydrogen-bond acceptors (Lipinski definition) is 1. The summed E-state index contributed by atoms with van der Waals surface area (Å²) in [6, 6.07) is 0. The van der Waals surface area contributed by atoms with Crippen LogP contribution in [0.3, 0.4) is 0 Å². The topological polar surface area (TPSA) is 9.23 Å². The Morgan fingerprint density at radius 1 is 1.17 bits per heavy atom. The largest absolute Gasteiger partial charge is 0.428 e. The lowest BCUT2D eigenvalue weighted by atomic mass is 9.91. The zero-order valence-corrected chi connectivity index (χ0v) is 11.1. The molecule has 0 N–H and O–H groups in total. The van der Waals surface area contributed by atoms with Gasteiger partial charge in [0, 0.05) is 6.61 Å². The molecule has 12 heavy (non-hydrogen) atoms. The first-order valence-electron chi connectivity index (χ1n) is 5.21. The zero-order valence-electron chi connectivity index (χ0n) is 9.10. The minimum Gasteiger partial charge on any atom is -0.428 e. The normalized spacial score (nSPS) is 16.2. The van der Waals surface area contributed by atoms with Crippen molar-refractivity contribution in [2.45, 2.75) is 46.5 Å². The van der Waals surface area contributed by atoms with Crippen molar-refractivity contribution in [2.24, 2.45) is 11.8 Å². The summed E-state index contributed by atoms with van der Waals surface area (Å²) < 4.78 is 5.27. The SMILES string of the molecule is CCCCCC(C)C(C)CO[SiH3]. The molecule has 0 heterocycles. The molecule has 1 nitrogen and oxygen atoms in total. The van der Waals surface area contributed by atoms with E-state index >= 15 is 0 Å². The van der Waals surface area contributed by atoms with E-state index in [1.165, 1.54) is 25.7 Å². The lowest BCUT2D eigenvalue weighted by Gasteiger charge is -2.18. The van der Waals surface area contributed by atoms with Crippen molar-refractivity contribution in [3.63, 3.8) is 0 Å². The Balaban J connectivity index is 3.35. The van der Waals surface area contributed by atoms with Crippen LogP contribution in [0.2, 0.25) is 0 Å². The van der Waals surface area contributed by atoms with E-state index in [9.17, 15) is 0 Å². The third kappa shape index (κ3) is 5.78. The molecule has 0 amide bonds. The molecule has 0 aromatic heterocycles. The van der Waals surface area contributed by atoms with Crippen LogP contribution in [0.5, 0.6) is 0 Å². The monoisotopic (exact) mass is 188 g/mol. The van der Waals surface area contributed by atoms with Gasteiger partial charge in [-0.25, -0.2) is 0 Å². The molecule has 0 aromatic rings. The fourth-order valence-electron chi connectivity index (χ4n) is 1.43. The van der Waals surface area contributed by atoms with Crippen LogP contribution in [0.4, 0.5) is 0 Å². The van der Waals surface area contributed by atoms with Gasteiger partial charge < -0.3 is 4.43 Å². The van der Waals surface area contributed by atoms with Gasteiger partial charge in [0.15, 0.2) is 0 Å². The molecule has 0 fully saturated rings. The molecule has 2 heteroatoms. The second kappa shape index (κ2) is 7.81. The van der Waals surface area contributed by atoms with Gasteiger partial charge in [-0.15, -0.1) is 0 Å². The van der Waals surface area contributed by atoms with Crippen molar-refractivity contribution < 1.29 is 4.43 Å². The predicted octanol–water partition coefficient (Wildman–Crippen LogP) is 2.14. The van der Waals surface area contributed by atoms with E-state index in [1.54, 1.807) is 0 Å². The van der Waals surface area contributed by atoms with Crippen molar-refractivity contribution in [3.05, 3.63) is 0 Å². The van der Waals surface area contributed by atoms with E-state index in [1.807, 2.05) is 0 Å². The van der Waals surface area contributed by atoms with Crippen molar-refractivity contribution in [1.82, 2.24) is 0 Å². The summed E-state index contributed by atoms with van der Waals surface area (Å²) in [4.78, 5) is 0. The first-order chi connectivity index (χ1) is 5.72. The van der Waals surface area contributed by atoms with Crippen LogP contribution in [0, 0.1) is 11.8 Å². The molecule has 0 bridgehead atoms. The summed E-state index contributed by atoms with van der Waals surface area (Å²) in [5, 5.41) is 0. The van der Waals surface area contributed by atoms with E-state index in [4.69, 9.17) is 4.43 Å². The minimum absolute atomic E-state index is 0.749. The molecule has 0 aliphatic rings. The first-order valence-corrected chi connectivity index (χ1v) is 6.03. The summed E-state index contributed by atoms with van der Waals surface area (Å²) in [7, 11) is 0.888. The van der Waals surface area contributed by atoms with Crippen LogP contribution in [0.25, 0.3) is 0 Å². The van der Waals surface area contributed by atoms with E-state index < -0.39 is 0 Å². The Bertz CT molecular complexity index is 95.8. The van der Waals surface area contributed by atoms with Crippen LogP contribution in [0.15, 0.2) is 0 Å². The predicted molar refractivity (Wildman–Crippen MR) is 58.4 cm³/mol. The number of unbranched alkanes of at least 4 members (excludes halogenated alkanes) is 2. The lowest BCUT2D eigenvalue weighted by Crippen LogP contribution is -2.13. The number of hydrogen-bond donors (Lipinski definition) is 0. The maximum Gasteiger partial charge on any atom is 0.145 e. The fourth-order valence-corrected chi connectivity index (χ4v) is 1.95. The van der Waals surface area contributed by atoms with Gasteiger partial charge in [0.2, 0.25) is 0 Å². The van der Waals surface area contributed by atoms with Gasteiger partial charge in [-0.05, 0) is 11.8 Å². The maximum atomic E-state index is 5.27. The number of rotatable bonds is 7. The second-order valence-electron chi connectivity index (χ2n) is 3.91. The Morgan fingerprint density at radius 2 is 1.83 bits per heavy atom. The van der Waals surface area contributed by atoms with Gasteiger partial charge in [0.25, 0.3) is 0 Å². The molecule has 0 aromatic carbocycles. The van der Waals surface area contributed by atoms with Crippen LogP contribution >= 0.6 is 0 Å². The average molecular weight is 188 g/mol. The van der Waals surface area contributed by atoms with Gasteiger partial charge in [0.1, 0.15) is 10.5 Å². The van der Waals surface area contributed by atoms with E-state index in [-0.39, 0.29) is 0 Å². The third-order valence-electron chi connectivity index (χ3n) is 2.66. The fraction of sp³-hybridized carbons (Fsp3) is 1.00. The molecule has 74 valence electrons. The Hall–Kier alpha value is 0.177. The average Bonchev–Trinajstić information content (AvgIpc) is 2.05. The van der Waals surface area contributed by atoms with E-state index in [0.29, 0.717) is 0 Å². The van der Waals surface area contributed by atoms with Crippen LogP contribution in [0.1, 0.15) is 46.5 Å². The summed E-state index contributed by atoms with van der Waals surface area (Å²) >= 11 is 0. The lowest BCUT2D eigenvalue weighted by molar-refractivity contribution is 0.221. The summed E-state index contributed by atoms with van der Waals surface area (Å²) in [6.45, 7) is 7.88. The molecule has 0 aliphatic carbocycles. The standard InChI is InChI=1S/C10H24OSi/c1-4-5-6-7-9(2)10(3)8-11-12/h9-10H,4-8H2,1-3,12H3. The highest BCUT2D eigenvalue weighted by Gasteiger charge is 2.10. The van der Waals surface area contributed by atoms with Crippen LogP contribution in [-0.4, -0.2) is 17.1 Å². The summed E-state index contributed by atoms with van der Waals surface area (Å²) in [6.07, 6.45) is 5.49. The van der Waals surface area contributed by atoms with Gasteiger partial charge in [0.05, 0.1) is 0 Å². The highest BCUT2D eigenvalue weighted by atomic mass is 28.2. The van der Waals surface area contributed by atoms with E-state index in [2.05, 4.69) is 20.8 Å². The molecular weight excluding hydrogens is 164 g/mol. The highest BCUT2D eigenvalue weighted by molar-refractivity contribution is 5.97. The van der Waals surface area contributed by atoms with Gasteiger partial charge in [-0.3, -0.25) is 0 Å². The molecular formula is C10H24OSi. The molecule has 2 atom stereocenters. The summed E-state index contributed by atoms with van der Waals surface area (Å²) in [5.74, 6) is 1.59. The smallest absolute Gasteiger partial charge is 0.145 e. The zero-order chi connectivity index (χ0) is 9.40. The second-order valence-corrected chi connectivity index (χ2v) is 4.48. The summed E-state index contributed by atoms with van der Waals surface area (Å²) in [5.41, 5.74) is 0. The molecule has 0 aliphatic heterocycles. The van der Waals surface area contributed by atoms with Gasteiger partial charge in [-0.1, -0.05) is 46.5 Å². The van der Waals surface area contributed by atoms with Gasteiger partial charge >= 0.3 is 0 Å².